The molecule has 2 heterocycles. The number of nitrogens with zero attached hydrogens (tertiary/aromatic N) is 5. The van der Waals surface area contributed by atoms with E-state index in [4.69, 9.17) is 0 Å². The van der Waals surface area contributed by atoms with Crippen LogP contribution in [0.3, 0.4) is 0 Å². The Hall–Kier alpha value is -3.20. The van der Waals surface area contributed by atoms with Crippen LogP contribution >= 0.6 is 11.8 Å². The first-order valence-electron chi connectivity index (χ1n) is 9.97. The molecular formula is C22H26N6O2S. The van der Waals surface area contributed by atoms with Gasteiger partial charge in [-0.1, -0.05) is 30.0 Å². The number of aryl methyl sites for hydroxylation is 2. The fourth-order valence-corrected chi connectivity index (χ4v) is 4.07. The summed E-state index contributed by atoms with van der Waals surface area (Å²) in [6.07, 6.45) is 3.41. The predicted octanol–water partition coefficient (Wildman–Crippen LogP) is 3.17. The summed E-state index contributed by atoms with van der Waals surface area (Å²) < 4.78 is 1.96. The lowest BCUT2D eigenvalue weighted by molar-refractivity contribution is -0.131. The van der Waals surface area contributed by atoms with Crippen molar-refractivity contribution >= 4 is 29.3 Å². The minimum atomic E-state index is -0.227. The molecule has 0 bridgehead atoms. The molecule has 0 fully saturated rings. The van der Waals surface area contributed by atoms with Crippen LogP contribution in [0.4, 0.5) is 5.69 Å². The molecule has 1 N–H and O–H groups in total. The molecule has 0 saturated heterocycles. The zero-order chi connectivity index (χ0) is 22.4. The van der Waals surface area contributed by atoms with Crippen molar-refractivity contribution in [3.05, 3.63) is 53.9 Å². The van der Waals surface area contributed by atoms with Crippen LogP contribution in [0.25, 0.3) is 11.4 Å². The number of para-hydroxylation sites is 1. The lowest BCUT2D eigenvalue weighted by atomic mass is 10.1. The number of hydrogen-bond acceptors (Lipinski definition) is 6. The predicted molar refractivity (Wildman–Crippen MR) is 122 cm³/mol. The Balaban J connectivity index is 1.58. The van der Waals surface area contributed by atoms with Gasteiger partial charge in [-0.05, 0) is 44.0 Å². The Labute approximate surface area is 186 Å². The van der Waals surface area contributed by atoms with E-state index in [2.05, 4.69) is 20.5 Å². The molecule has 9 heteroatoms. The van der Waals surface area contributed by atoms with Crippen molar-refractivity contribution in [2.75, 3.05) is 24.7 Å². The standard InChI is InChI=1S/C22H26N6O2S/c1-5-28-21(17-9-11-23-12-10-17)25-26-22(28)31-14-19(30)27(4)13-18(29)24-20-15(2)7-6-8-16(20)3/h6-12H,5,13-14H2,1-4H3,(H,24,29). The first-order valence-corrected chi connectivity index (χ1v) is 11.0. The minimum Gasteiger partial charge on any atom is -0.336 e. The van der Waals surface area contributed by atoms with Crippen molar-refractivity contribution < 1.29 is 9.59 Å². The number of thioether (sulfide) groups is 1. The third-order valence-electron chi connectivity index (χ3n) is 4.85. The molecule has 3 aromatic rings. The number of carbonyl (C=O) groups excluding carboxylic acids is 2. The molecule has 0 aliphatic heterocycles. The van der Waals surface area contributed by atoms with Gasteiger partial charge >= 0.3 is 0 Å². The number of amides is 2. The summed E-state index contributed by atoms with van der Waals surface area (Å²) in [7, 11) is 1.63. The fraction of sp³-hybridized carbons (Fsp3) is 0.318. The van der Waals surface area contributed by atoms with Gasteiger partial charge in [0.2, 0.25) is 11.8 Å². The van der Waals surface area contributed by atoms with Crippen LogP contribution in [0, 0.1) is 13.8 Å². The van der Waals surface area contributed by atoms with Crippen LogP contribution in [-0.4, -0.2) is 55.8 Å². The summed E-state index contributed by atoms with van der Waals surface area (Å²) in [4.78, 5) is 30.4. The van der Waals surface area contributed by atoms with E-state index >= 15 is 0 Å². The van der Waals surface area contributed by atoms with E-state index in [1.165, 1.54) is 16.7 Å². The maximum absolute atomic E-state index is 12.6. The summed E-state index contributed by atoms with van der Waals surface area (Å²) in [6.45, 7) is 6.55. The van der Waals surface area contributed by atoms with E-state index in [1.54, 1.807) is 19.4 Å². The van der Waals surface area contributed by atoms with Crippen molar-refractivity contribution in [1.29, 1.82) is 0 Å². The summed E-state index contributed by atoms with van der Waals surface area (Å²) in [5.41, 5.74) is 3.69. The lowest BCUT2D eigenvalue weighted by Crippen LogP contribution is -2.36. The van der Waals surface area contributed by atoms with Gasteiger partial charge in [0.15, 0.2) is 11.0 Å². The molecule has 8 nitrogen and oxygen atoms in total. The second kappa shape index (κ2) is 10.2. The average Bonchev–Trinajstić information content (AvgIpc) is 3.18. The number of benzene rings is 1. The number of rotatable bonds is 8. The quantitative estimate of drug-likeness (QED) is 0.543. The van der Waals surface area contributed by atoms with E-state index < -0.39 is 0 Å². The molecule has 2 amide bonds. The molecule has 1 aromatic carbocycles. The Morgan fingerprint density at radius 2 is 1.77 bits per heavy atom. The molecule has 0 spiro atoms. The molecule has 0 saturated carbocycles. The molecular weight excluding hydrogens is 412 g/mol. The van der Waals surface area contributed by atoms with Crippen LogP contribution < -0.4 is 5.32 Å². The van der Waals surface area contributed by atoms with Crippen LogP contribution in [0.15, 0.2) is 47.9 Å². The Kier molecular flexibility index (Phi) is 7.41. The van der Waals surface area contributed by atoms with Crippen molar-refractivity contribution in [1.82, 2.24) is 24.6 Å². The van der Waals surface area contributed by atoms with Crippen LogP contribution in [0.5, 0.6) is 0 Å². The topological polar surface area (TPSA) is 93.0 Å². The molecule has 0 radical (unpaired) electrons. The summed E-state index contributed by atoms with van der Waals surface area (Å²) in [5, 5.41) is 12.1. The van der Waals surface area contributed by atoms with E-state index in [9.17, 15) is 9.59 Å². The maximum Gasteiger partial charge on any atom is 0.243 e. The zero-order valence-electron chi connectivity index (χ0n) is 18.1. The van der Waals surface area contributed by atoms with E-state index in [0.717, 1.165) is 28.2 Å². The van der Waals surface area contributed by atoms with Gasteiger partial charge in [-0.25, -0.2) is 0 Å². The number of pyridine rings is 1. The van der Waals surface area contributed by atoms with Gasteiger partial charge in [0.1, 0.15) is 0 Å². The summed E-state index contributed by atoms with van der Waals surface area (Å²) >= 11 is 1.31. The molecule has 3 rings (SSSR count). The first kappa shape index (κ1) is 22.5. The molecule has 0 aliphatic carbocycles. The lowest BCUT2D eigenvalue weighted by Gasteiger charge is -2.18. The highest BCUT2D eigenvalue weighted by Crippen LogP contribution is 2.24. The molecule has 2 aromatic heterocycles. The van der Waals surface area contributed by atoms with Gasteiger partial charge in [-0.3, -0.25) is 14.6 Å². The van der Waals surface area contributed by atoms with Gasteiger partial charge in [0.25, 0.3) is 0 Å². The maximum atomic E-state index is 12.6. The number of carbonyl (C=O) groups is 2. The van der Waals surface area contributed by atoms with Gasteiger partial charge in [-0.15, -0.1) is 10.2 Å². The SMILES string of the molecule is CCn1c(SCC(=O)N(C)CC(=O)Nc2c(C)cccc2C)nnc1-c1ccncc1. The van der Waals surface area contributed by atoms with Gasteiger partial charge in [0, 0.05) is 37.2 Å². The fourth-order valence-electron chi connectivity index (χ4n) is 3.13. The van der Waals surface area contributed by atoms with Gasteiger partial charge in [0.05, 0.1) is 12.3 Å². The van der Waals surface area contributed by atoms with Gasteiger partial charge in [-0.2, -0.15) is 0 Å². The van der Waals surface area contributed by atoms with Crippen LogP contribution in [-0.2, 0) is 16.1 Å². The van der Waals surface area contributed by atoms with Crippen LogP contribution in [0.1, 0.15) is 18.1 Å². The van der Waals surface area contributed by atoms with Crippen molar-refractivity contribution in [2.45, 2.75) is 32.5 Å². The third kappa shape index (κ3) is 5.49. The van der Waals surface area contributed by atoms with Crippen molar-refractivity contribution in [2.24, 2.45) is 0 Å². The highest BCUT2D eigenvalue weighted by Gasteiger charge is 2.18. The second-order valence-electron chi connectivity index (χ2n) is 7.14. The smallest absolute Gasteiger partial charge is 0.243 e. The average molecular weight is 439 g/mol. The highest BCUT2D eigenvalue weighted by molar-refractivity contribution is 7.99. The number of aromatic nitrogens is 4. The number of hydrogen-bond donors (Lipinski definition) is 1. The summed E-state index contributed by atoms with van der Waals surface area (Å²) in [5.74, 6) is 0.524. The molecule has 0 unspecified atom stereocenters. The molecule has 31 heavy (non-hydrogen) atoms. The number of anilines is 1. The highest BCUT2D eigenvalue weighted by atomic mass is 32.2. The Morgan fingerprint density at radius 3 is 2.42 bits per heavy atom. The van der Waals surface area contributed by atoms with E-state index in [1.807, 2.05) is 55.7 Å². The van der Waals surface area contributed by atoms with E-state index in [-0.39, 0.29) is 24.1 Å². The third-order valence-corrected chi connectivity index (χ3v) is 5.80. The molecule has 0 aliphatic rings. The monoisotopic (exact) mass is 438 g/mol. The van der Waals surface area contributed by atoms with Crippen LogP contribution in [0.2, 0.25) is 0 Å². The molecule has 0 atom stereocenters. The normalized spacial score (nSPS) is 10.7. The van der Waals surface area contributed by atoms with Crippen molar-refractivity contribution in [3.8, 4) is 11.4 Å². The number of likely N-dealkylation sites (N-methyl/N-ethyl adjacent to an activating group) is 1. The zero-order valence-corrected chi connectivity index (χ0v) is 18.9. The van der Waals surface area contributed by atoms with Crippen molar-refractivity contribution in [3.63, 3.8) is 0 Å². The largest absolute Gasteiger partial charge is 0.336 e. The number of nitrogens with one attached hydrogen (secondary N) is 1. The Bertz CT molecular complexity index is 1050. The minimum absolute atomic E-state index is 0.0180. The summed E-state index contributed by atoms with van der Waals surface area (Å²) in [6, 6.07) is 9.58. The van der Waals surface area contributed by atoms with E-state index in [0.29, 0.717) is 11.7 Å². The van der Waals surface area contributed by atoms with Gasteiger partial charge < -0.3 is 14.8 Å². The first-order chi connectivity index (χ1) is 14.9. The molecule has 162 valence electrons. The Morgan fingerprint density at radius 1 is 1.10 bits per heavy atom. The second-order valence-corrected chi connectivity index (χ2v) is 8.08.